The summed E-state index contributed by atoms with van der Waals surface area (Å²) in [5.41, 5.74) is 0.360. The molecule has 1 heterocycles. The molecule has 2 N–H and O–H groups in total. The Labute approximate surface area is 188 Å². The van der Waals surface area contributed by atoms with Gasteiger partial charge in [0.15, 0.2) is 0 Å². The number of nitro groups is 1. The number of piperidine rings is 1. The molecule has 0 radical (unpaired) electrons. The number of benzene rings is 2. The highest BCUT2D eigenvalue weighted by Gasteiger charge is 2.20. The van der Waals surface area contributed by atoms with E-state index in [-0.39, 0.29) is 28.2 Å². The molecule has 2 aromatic rings. The van der Waals surface area contributed by atoms with E-state index in [0.29, 0.717) is 11.5 Å². The molecule has 0 aromatic heterocycles. The molecule has 172 valence electrons. The lowest BCUT2D eigenvalue weighted by Gasteiger charge is -2.32. The zero-order chi connectivity index (χ0) is 23.3. The molecule has 32 heavy (non-hydrogen) atoms. The summed E-state index contributed by atoms with van der Waals surface area (Å²) in [6.07, 6.45) is 2.42. The first-order valence-corrected chi connectivity index (χ1v) is 12.0. The van der Waals surface area contributed by atoms with Gasteiger partial charge in [0.1, 0.15) is 0 Å². The SMILES string of the molecule is CC1CCCN(CC(C)NC(=O)c2ccc(NS(=O)(=O)c3cccc([N+](=O)[O-])c3)cc2)C1. The van der Waals surface area contributed by atoms with Gasteiger partial charge in [-0.3, -0.25) is 19.6 Å². The highest BCUT2D eigenvalue weighted by Crippen LogP contribution is 2.21. The van der Waals surface area contributed by atoms with Gasteiger partial charge < -0.3 is 10.2 Å². The van der Waals surface area contributed by atoms with Crippen molar-refractivity contribution >= 4 is 27.3 Å². The van der Waals surface area contributed by atoms with Crippen molar-refractivity contribution in [3.8, 4) is 0 Å². The number of carbonyl (C=O) groups excluding carboxylic acids is 1. The fourth-order valence-corrected chi connectivity index (χ4v) is 4.96. The summed E-state index contributed by atoms with van der Waals surface area (Å²) in [6.45, 7) is 7.09. The zero-order valence-electron chi connectivity index (χ0n) is 18.2. The van der Waals surface area contributed by atoms with E-state index < -0.39 is 14.9 Å². The topological polar surface area (TPSA) is 122 Å². The maximum Gasteiger partial charge on any atom is 0.270 e. The predicted octanol–water partition coefficient (Wildman–Crippen LogP) is 3.25. The van der Waals surface area contributed by atoms with Gasteiger partial charge in [-0.15, -0.1) is 0 Å². The predicted molar refractivity (Wildman–Crippen MR) is 122 cm³/mol. The van der Waals surface area contributed by atoms with Gasteiger partial charge >= 0.3 is 0 Å². The Kier molecular flexibility index (Phi) is 7.47. The molecule has 2 atom stereocenters. The average molecular weight is 461 g/mol. The minimum atomic E-state index is -4.00. The van der Waals surface area contributed by atoms with Crippen molar-refractivity contribution in [1.29, 1.82) is 0 Å². The maximum absolute atomic E-state index is 12.5. The second-order valence-corrected chi connectivity index (χ2v) is 10.0. The lowest BCUT2D eigenvalue weighted by Crippen LogP contribution is -2.45. The Morgan fingerprint density at radius 2 is 1.97 bits per heavy atom. The van der Waals surface area contributed by atoms with E-state index in [9.17, 15) is 23.3 Å². The second kappa shape index (κ2) is 10.1. The third kappa shape index (κ3) is 6.27. The first-order chi connectivity index (χ1) is 15.1. The molecule has 0 spiro atoms. The highest BCUT2D eigenvalue weighted by molar-refractivity contribution is 7.92. The number of sulfonamides is 1. The number of hydrogen-bond donors (Lipinski definition) is 2. The smallest absolute Gasteiger partial charge is 0.270 e. The van der Waals surface area contributed by atoms with Crippen LogP contribution in [0.3, 0.4) is 0 Å². The summed E-state index contributed by atoms with van der Waals surface area (Å²) in [5.74, 6) is 0.445. The van der Waals surface area contributed by atoms with E-state index in [4.69, 9.17) is 0 Å². The van der Waals surface area contributed by atoms with Gasteiger partial charge in [0.05, 0.1) is 9.82 Å². The molecule has 1 amide bonds. The van der Waals surface area contributed by atoms with Gasteiger partial charge in [0, 0.05) is 42.5 Å². The van der Waals surface area contributed by atoms with Gasteiger partial charge in [-0.05, 0) is 62.6 Å². The number of nitrogens with one attached hydrogen (secondary N) is 2. The zero-order valence-corrected chi connectivity index (χ0v) is 19.0. The van der Waals surface area contributed by atoms with E-state index in [1.165, 1.54) is 55.3 Å². The molecule has 1 aliphatic rings. The van der Waals surface area contributed by atoms with Gasteiger partial charge in [-0.1, -0.05) is 13.0 Å². The summed E-state index contributed by atoms with van der Waals surface area (Å²) >= 11 is 0. The summed E-state index contributed by atoms with van der Waals surface area (Å²) in [5, 5.41) is 13.9. The third-order valence-corrected chi connectivity index (χ3v) is 6.77. The quantitative estimate of drug-likeness (QED) is 0.461. The second-order valence-electron chi connectivity index (χ2n) is 8.32. The molecule has 0 saturated carbocycles. The fraction of sp³-hybridized carbons (Fsp3) is 0.409. The van der Waals surface area contributed by atoms with Crippen LogP contribution in [0.25, 0.3) is 0 Å². The minimum absolute atomic E-state index is 0.0140. The monoisotopic (exact) mass is 460 g/mol. The molecular weight excluding hydrogens is 432 g/mol. The van der Waals surface area contributed by atoms with Crippen LogP contribution in [0.4, 0.5) is 11.4 Å². The Morgan fingerprint density at radius 3 is 2.62 bits per heavy atom. The Morgan fingerprint density at radius 1 is 1.25 bits per heavy atom. The summed E-state index contributed by atoms with van der Waals surface area (Å²) in [6, 6.07) is 10.8. The molecule has 3 rings (SSSR count). The number of non-ortho nitro benzene ring substituents is 1. The van der Waals surface area contributed by atoms with Crippen molar-refractivity contribution in [3.63, 3.8) is 0 Å². The van der Waals surface area contributed by atoms with E-state index in [1.54, 1.807) is 0 Å². The molecule has 1 fully saturated rings. The van der Waals surface area contributed by atoms with Crippen LogP contribution in [0, 0.1) is 16.0 Å². The molecule has 1 aliphatic heterocycles. The first-order valence-electron chi connectivity index (χ1n) is 10.5. The van der Waals surface area contributed by atoms with Crippen LogP contribution in [0.15, 0.2) is 53.4 Å². The van der Waals surface area contributed by atoms with Crippen LogP contribution in [0.2, 0.25) is 0 Å². The summed E-state index contributed by atoms with van der Waals surface area (Å²) in [4.78, 5) is 24.9. The van der Waals surface area contributed by atoms with E-state index in [0.717, 1.165) is 25.7 Å². The van der Waals surface area contributed by atoms with Crippen LogP contribution in [-0.4, -0.2) is 49.8 Å². The lowest BCUT2D eigenvalue weighted by molar-refractivity contribution is -0.385. The average Bonchev–Trinajstić information content (AvgIpc) is 2.74. The van der Waals surface area contributed by atoms with Crippen molar-refractivity contribution < 1.29 is 18.1 Å². The molecule has 0 bridgehead atoms. The van der Waals surface area contributed by atoms with Crippen molar-refractivity contribution in [2.45, 2.75) is 37.6 Å². The summed E-state index contributed by atoms with van der Waals surface area (Å²) < 4.78 is 27.4. The number of rotatable bonds is 8. The van der Waals surface area contributed by atoms with Crippen molar-refractivity contribution in [2.24, 2.45) is 5.92 Å². The summed E-state index contributed by atoms with van der Waals surface area (Å²) in [7, 11) is -4.00. The number of carbonyl (C=O) groups is 1. The normalized spacial score (nSPS) is 18.0. The minimum Gasteiger partial charge on any atom is -0.348 e. The maximum atomic E-state index is 12.5. The molecular formula is C22H28N4O5S. The number of hydrogen-bond acceptors (Lipinski definition) is 6. The fourth-order valence-electron chi connectivity index (χ4n) is 3.86. The molecule has 2 unspecified atom stereocenters. The van der Waals surface area contributed by atoms with Crippen molar-refractivity contribution in [2.75, 3.05) is 24.4 Å². The third-order valence-electron chi connectivity index (χ3n) is 5.39. The number of nitro benzene ring substituents is 1. The van der Waals surface area contributed by atoms with E-state index in [1.807, 2.05) is 6.92 Å². The molecule has 1 saturated heterocycles. The first kappa shape index (κ1) is 23.7. The van der Waals surface area contributed by atoms with E-state index in [2.05, 4.69) is 21.9 Å². The number of nitrogens with zero attached hydrogens (tertiary/aromatic N) is 2. The standard InChI is InChI=1S/C22H28N4O5S/c1-16-5-4-12-25(14-16)15-17(2)23-22(27)18-8-10-19(11-9-18)24-32(30,31)21-7-3-6-20(13-21)26(28)29/h3,6-11,13,16-17,24H,4-5,12,14-15H2,1-2H3,(H,23,27). The lowest BCUT2D eigenvalue weighted by atomic mass is 10.00. The van der Waals surface area contributed by atoms with Crippen LogP contribution in [0.1, 0.15) is 37.0 Å². The molecule has 10 heteroatoms. The van der Waals surface area contributed by atoms with Crippen LogP contribution < -0.4 is 10.0 Å². The molecule has 2 aromatic carbocycles. The Hall–Kier alpha value is -2.98. The van der Waals surface area contributed by atoms with Gasteiger partial charge in [-0.25, -0.2) is 8.42 Å². The number of likely N-dealkylation sites (tertiary alicyclic amines) is 1. The number of anilines is 1. The Bertz CT molecular complexity index is 1070. The van der Waals surface area contributed by atoms with Crippen LogP contribution in [-0.2, 0) is 10.0 Å². The van der Waals surface area contributed by atoms with Gasteiger partial charge in [-0.2, -0.15) is 0 Å². The van der Waals surface area contributed by atoms with Crippen LogP contribution >= 0.6 is 0 Å². The van der Waals surface area contributed by atoms with Crippen molar-refractivity contribution in [1.82, 2.24) is 10.2 Å². The largest absolute Gasteiger partial charge is 0.348 e. The highest BCUT2D eigenvalue weighted by atomic mass is 32.2. The van der Waals surface area contributed by atoms with Gasteiger partial charge in [0.2, 0.25) is 0 Å². The van der Waals surface area contributed by atoms with Crippen LogP contribution in [0.5, 0.6) is 0 Å². The van der Waals surface area contributed by atoms with Crippen molar-refractivity contribution in [3.05, 3.63) is 64.2 Å². The molecule has 9 nitrogen and oxygen atoms in total. The number of amides is 1. The Balaban J connectivity index is 1.60. The van der Waals surface area contributed by atoms with Gasteiger partial charge in [0.25, 0.3) is 21.6 Å². The van der Waals surface area contributed by atoms with E-state index >= 15 is 0 Å². The molecule has 0 aliphatic carbocycles.